The summed E-state index contributed by atoms with van der Waals surface area (Å²) in [7, 11) is 0. The summed E-state index contributed by atoms with van der Waals surface area (Å²) in [6.07, 6.45) is -0.837. The number of aliphatic hydroxyl groups is 1. The molecule has 1 aromatic carbocycles. The number of benzene rings is 1. The zero-order chi connectivity index (χ0) is 16.7. The van der Waals surface area contributed by atoms with E-state index in [0.717, 1.165) is 0 Å². The van der Waals surface area contributed by atoms with E-state index in [1.54, 1.807) is 24.0 Å². The highest BCUT2D eigenvalue weighted by molar-refractivity contribution is 5.74. The van der Waals surface area contributed by atoms with Gasteiger partial charge in [-0.05, 0) is 52.0 Å². The Labute approximate surface area is 131 Å². The molecule has 0 aliphatic carbocycles. The fraction of sp³-hybridized carbons (Fsp3) is 0.562. The number of hydrogen-bond donors (Lipinski definition) is 2. The van der Waals surface area contributed by atoms with E-state index in [0.29, 0.717) is 12.3 Å². The van der Waals surface area contributed by atoms with Crippen LogP contribution < -0.4 is 10.1 Å². The number of carbonyl (C=O) groups is 1. The molecule has 22 heavy (non-hydrogen) atoms. The molecule has 2 atom stereocenters. The van der Waals surface area contributed by atoms with Gasteiger partial charge in [-0.2, -0.15) is 0 Å². The number of nitrogens with zero attached hydrogens (tertiary/aromatic N) is 1. The van der Waals surface area contributed by atoms with E-state index in [4.69, 9.17) is 4.74 Å². The minimum Gasteiger partial charge on any atom is -0.489 e. The van der Waals surface area contributed by atoms with Crippen LogP contribution in [0.4, 0.5) is 9.18 Å². The molecule has 0 aliphatic heterocycles. The molecule has 5 nitrogen and oxygen atoms in total. The summed E-state index contributed by atoms with van der Waals surface area (Å²) in [6, 6.07) is 5.48. The largest absolute Gasteiger partial charge is 0.489 e. The predicted octanol–water partition coefficient (Wildman–Crippen LogP) is 2.39. The van der Waals surface area contributed by atoms with Crippen LogP contribution in [0.1, 0.15) is 27.7 Å². The van der Waals surface area contributed by atoms with Crippen LogP contribution in [-0.4, -0.2) is 47.4 Å². The number of rotatable bonds is 7. The van der Waals surface area contributed by atoms with Crippen LogP contribution in [0, 0.1) is 5.82 Å². The molecular formula is C16H25FN2O3. The molecule has 0 aromatic heterocycles. The molecule has 2 amide bonds. The summed E-state index contributed by atoms with van der Waals surface area (Å²) < 4.78 is 18.4. The lowest BCUT2D eigenvalue weighted by molar-refractivity contribution is 0.116. The van der Waals surface area contributed by atoms with Gasteiger partial charge in [0.25, 0.3) is 0 Å². The van der Waals surface area contributed by atoms with Crippen molar-refractivity contribution in [2.75, 3.05) is 13.1 Å². The van der Waals surface area contributed by atoms with E-state index in [1.165, 1.54) is 12.1 Å². The van der Waals surface area contributed by atoms with E-state index in [1.807, 2.05) is 20.8 Å². The van der Waals surface area contributed by atoms with E-state index < -0.39 is 6.10 Å². The van der Waals surface area contributed by atoms with Crippen molar-refractivity contribution < 1.29 is 19.0 Å². The van der Waals surface area contributed by atoms with Crippen LogP contribution in [0.3, 0.4) is 0 Å². The molecule has 1 rings (SSSR count). The molecule has 0 radical (unpaired) electrons. The molecule has 0 aliphatic rings. The monoisotopic (exact) mass is 312 g/mol. The molecule has 0 saturated heterocycles. The van der Waals surface area contributed by atoms with Crippen LogP contribution in [-0.2, 0) is 0 Å². The maximum atomic E-state index is 12.8. The van der Waals surface area contributed by atoms with Crippen molar-refractivity contribution >= 4 is 6.03 Å². The zero-order valence-electron chi connectivity index (χ0n) is 13.5. The van der Waals surface area contributed by atoms with Gasteiger partial charge in [-0.15, -0.1) is 0 Å². The second-order valence-corrected chi connectivity index (χ2v) is 5.66. The van der Waals surface area contributed by atoms with Gasteiger partial charge < -0.3 is 20.1 Å². The van der Waals surface area contributed by atoms with Gasteiger partial charge in [-0.3, -0.25) is 0 Å². The first-order chi connectivity index (χ1) is 10.3. The van der Waals surface area contributed by atoms with Crippen molar-refractivity contribution in [3.8, 4) is 5.75 Å². The Bertz CT molecular complexity index is 463. The summed E-state index contributed by atoms with van der Waals surface area (Å²) in [4.78, 5) is 13.7. The summed E-state index contributed by atoms with van der Waals surface area (Å²) >= 11 is 0. The minimum atomic E-state index is -0.582. The Morgan fingerprint density at radius 3 is 2.36 bits per heavy atom. The van der Waals surface area contributed by atoms with Gasteiger partial charge in [-0.25, -0.2) is 9.18 Å². The molecule has 2 N–H and O–H groups in total. The number of nitrogens with one attached hydrogen (secondary N) is 1. The Balaban J connectivity index is 2.46. The first-order valence-corrected chi connectivity index (χ1v) is 7.44. The molecule has 124 valence electrons. The van der Waals surface area contributed by atoms with E-state index in [2.05, 4.69) is 5.32 Å². The quantitative estimate of drug-likeness (QED) is 0.812. The van der Waals surface area contributed by atoms with Crippen LogP contribution in [0.5, 0.6) is 5.75 Å². The normalized spacial score (nSPS) is 13.6. The molecule has 2 unspecified atom stereocenters. The summed E-state index contributed by atoms with van der Waals surface area (Å²) in [5, 5.41) is 12.2. The lowest BCUT2D eigenvalue weighted by atomic mass is 10.3. The van der Waals surface area contributed by atoms with Gasteiger partial charge in [0.05, 0.1) is 12.6 Å². The highest BCUT2D eigenvalue weighted by Gasteiger charge is 2.19. The van der Waals surface area contributed by atoms with Crippen LogP contribution in [0.2, 0.25) is 0 Å². The average Bonchev–Trinajstić information content (AvgIpc) is 2.44. The standard InChI is InChI=1S/C16H25FN2O3/c1-11(2)19(10-12(3)20)16(21)18-9-13(4)22-15-7-5-14(17)6-8-15/h5-8,11-13,20H,9-10H2,1-4H3,(H,18,21). The van der Waals surface area contributed by atoms with Crippen LogP contribution in [0.15, 0.2) is 24.3 Å². The van der Waals surface area contributed by atoms with E-state index >= 15 is 0 Å². The summed E-state index contributed by atoms with van der Waals surface area (Å²) in [6.45, 7) is 7.83. The lowest BCUT2D eigenvalue weighted by Gasteiger charge is -2.28. The molecule has 0 fully saturated rings. The van der Waals surface area contributed by atoms with Gasteiger partial charge in [-0.1, -0.05) is 0 Å². The van der Waals surface area contributed by atoms with Crippen molar-refractivity contribution in [3.63, 3.8) is 0 Å². The van der Waals surface area contributed by atoms with E-state index in [9.17, 15) is 14.3 Å². The molecule has 6 heteroatoms. The number of aliphatic hydroxyl groups excluding tert-OH is 1. The van der Waals surface area contributed by atoms with Gasteiger partial charge in [0.15, 0.2) is 0 Å². The third kappa shape index (κ3) is 6.30. The molecule has 0 spiro atoms. The summed E-state index contributed by atoms with van der Waals surface area (Å²) in [5.41, 5.74) is 0. The molecule has 0 saturated carbocycles. The maximum absolute atomic E-state index is 12.8. The third-order valence-corrected chi connectivity index (χ3v) is 3.04. The highest BCUT2D eigenvalue weighted by atomic mass is 19.1. The molecule has 1 aromatic rings. The Hall–Kier alpha value is -1.82. The second kappa shape index (κ2) is 8.58. The minimum absolute atomic E-state index is 0.0112. The SMILES string of the molecule is CC(O)CN(C(=O)NCC(C)Oc1ccc(F)cc1)C(C)C. The molecular weight excluding hydrogens is 287 g/mol. The number of halogens is 1. The van der Waals surface area contributed by atoms with Gasteiger partial charge in [0.2, 0.25) is 0 Å². The number of carbonyl (C=O) groups excluding carboxylic acids is 1. The number of amides is 2. The second-order valence-electron chi connectivity index (χ2n) is 5.66. The zero-order valence-corrected chi connectivity index (χ0v) is 13.5. The fourth-order valence-electron chi connectivity index (χ4n) is 1.93. The highest BCUT2D eigenvalue weighted by Crippen LogP contribution is 2.12. The van der Waals surface area contributed by atoms with Crippen molar-refractivity contribution in [3.05, 3.63) is 30.1 Å². The number of ether oxygens (including phenoxy) is 1. The Morgan fingerprint density at radius 1 is 1.27 bits per heavy atom. The lowest BCUT2D eigenvalue weighted by Crippen LogP contribution is -2.48. The number of urea groups is 1. The van der Waals surface area contributed by atoms with Crippen LogP contribution in [0.25, 0.3) is 0 Å². The summed E-state index contributed by atoms with van der Waals surface area (Å²) in [5.74, 6) is 0.229. The van der Waals surface area contributed by atoms with Crippen molar-refractivity contribution in [1.82, 2.24) is 10.2 Å². The molecule has 0 heterocycles. The van der Waals surface area contributed by atoms with Crippen molar-refractivity contribution in [2.45, 2.75) is 45.9 Å². The average molecular weight is 312 g/mol. The first kappa shape index (κ1) is 18.2. The van der Waals surface area contributed by atoms with Crippen molar-refractivity contribution in [2.24, 2.45) is 0 Å². The predicted molar refractivity (Wildman–Crippen MR) is 83.4 cm³/mol. The Morgan fingerprint density at radius 2 is 1.86 bits per heavy atom. The first-order valence-electron chi connectivity index (χ1n) is 7.44. The van der Waals surface area contributed by atoms with Gasteiger partial charge in [0, 0.05) is 12.6 Å². The fourth-order valence-corrected chi connectivity index (χ4v) is 1.93. The topological polar surface area (TPSA) is 61.8 Å². The van der Waals surface area contributed by atoms with Crippen molar-refractivity contribution in [1.29, 1.82) is 0 Å². The van der Waals surface area contributed by atoms with Gasteiger partial charge >= 0.3 is 6.03 Å². The van der Waals surface area contributed by atoms with Crippen LogP contribution >= 0.6 is 0 Å². The Kier molecular flexibility index (Phi) is 7.11. The smallest absolute Gasteiger partial charge is 0.317 e. The van der Waals surface area contributed by atoms with Gasteiger partial charge in [0.1, 0.15) is 17.7 Å². The number of hydrogen-bond acceptors (Lipinski definition) is 3. The third-order valence-electron chi connectivity index (χ3n) is 3.04. The van der Waals surface area contributed by atoms with E-state index in [-0.39, 0.29) is 30.5 Å². The molecule has 0 bridgehead atoms. The maximum Gasteiger partial charge on any atom is 0.317 e.